The van der Waals surface area contributed by atoms with Crippen LogP contribution in [-0.4, -0.2) is 48.2 Å². The summed E-state index contributed by atoms with van der Waals surface area (Å²) in [7, 11) is 1.53. The SMILES string of the molecule is COc1ccc(C2=C(O)C(=O)N(CCOC(C)C)C2=O)cc1. The van der Waals surface area contributed by atoms with Gasteiger partial charge in [0.15, 0.2) is 5.76 Å². The van der Waals surface area contributed by atoms with E-state index in [2.05, 4.69) is 0 Å². The fraction of sp³-hybridized carbons (Fsp3) is 0.375. The monoisotopic (exact) mass is 305 g/mol. The van der Waals surface area contributed by atoms with E-state index in [9.17, 15) is 14.7 Å². The van der Waals surface area contributed by atoms with Crippen molar-refractivity contribution < 1.29 is 24.2 Å². The maximum atomic E-state index is 12.4. The molecule has 0 aliphatic carbocycles. The molecule has 1 aliphatic rings. The molecule has 0 unspecified atom stereocenters. The summed E-state index contributed by atoms with van der Waals surface area (Å²) in [6, 6.07) is 6.59. The highest BCUT2D eigenvalue weighted by Gasteiger charge is 2.38. The lowest BCUT2D eigenvalue weighted by atomic mass is 10.1. The number of benzene rings is 1. The summed E-state index contributed by atoms with van der Waals surface area (Å²) in [5, 5.41) is 9.98. The maximum Gasteiger partial charge on any atom is 0.296 e. The second-order valence-corrected chi connectivity index (χ2v) is 5.13. The van der Waals surface area contributed by atoms with Gasteiger partial charge in [0.05, 0.1) is 31.9 Å². The number of hydrogen-bond acceptors (Lipinski definition) is 5. The van der Waals surface area contributed by atoms with Gasteiger partial charge < -0.3 is 14.6 Å². The highest BCUT2D eigenvalue weighted by molar-refractivity contribution is 6.34. The van der Waals surface area contributed by atoms with Gasteiger partial charge in [0.2, 0.25) is 0 Å². The lowest BCUT2D eigenvalue weighted by Crippen LogP contribution is -2.35. The van der Waals surface area contributed by atoms with E-state index in [0.717, 1.165) is 4.90 Å². The first-order valence-electron chi connectivity index (χ1n) is 7.01. The third kappa shape index (κ3) is 3.12. The van der Waals surface area contributed by atoms with Gasteiger partial charge in [0.1, 0.15) is 5.75 Å². The highest BCUT2D eigenvalue weighted by Crippen LogP contribution is 2.28. The van der Waals surface area contributed by atoms with Crippen LogP contribution in [0, 0.1) is 0 Å². The third-order valence-corrected chi connectivity index (χ3v) is 3.29. The molecule has 0 atom stereocenters. The predicted molar refractivity (Wildman–Crippen MR) is 80.4 cm³/mol. The Hall–Kier alpha value is -2.34. The number of carbonyl (C=O) groups is 2. The molecule has 0 radical (unpaired) electrons. The number of nitrogens with zero attached hydrogens (tertiary/aromatic N) is 1. The topological polar surface area (TPSA) is 76.1 Å². The molecule has 1 aromatic carbocycles. The van der Waals surface area contributed by atoms with Crippen LogP contribution in [0.3, 0.4) is 0 Å². The summed E-state index contributed by atoms with van der Waals surface area (Å²) in [4.78, 5) is 25.4. The molecule has 1 N–H and O–H groups in total. The molecule has 0 spiro atoms. The van der Waals surface area contributed by atoms with Gasteiger partial charge >= 0.3 is 0 Å². The Labute approximate surface area is 128 Å². The van der Waals surface area contributed by atoms with Gasteiger partial charge in [0, 0.05) is 0 Å². The van der Waals surface area contributed by atoms with Crippen molar-refractivity contribution in [3.05, 3.63) is 35.6 Å². The smallest absolute Gasteiger partial charge is 0.296 e. The summed E-state index contributed by atoms with van der Waals surface area (Å²) in [6.07, 6.45) is 0.00965. The summed E-state index contributed by atoms with van der Waals surface area (Å²) in [5.41, 5.74) is 0.487. The number of hydrogen-bond donors (Lipinski definition) is 1. The average Bonchev–Trinajstić information content (AvgIpc) is 2.71. The molecule has 6 nitrogen and oxygen atoms in total. The van der Waals surface area contributed by atoms with Gasteiger partial charge in [-0.3, -0.25) is 14.5 Å². The van der Waals surface area contributed by atoms with Crippen LogP contribution >= 0.6 is 0 Å². The van der Waals surface area contributed by atoms with Gasteiger partial charge in [-0.05, 0) is 31.5 Å². The second kappa shape index (κ2) is 6.62. The van der Waals surface area contributed by atoms with Crippen LogP contribution in [0.4, 0.5) is 0 Å². The van der Waals surface area contributed by atoms with Gasteiger partial charge in [-0.15, -0.1) is 0 Å². The zero-order chi connectivity index (χ0) is 16.3. The Kier molecular flexibility index (Phi) is 4.82. The van der Waals surface area contributed by atoms with Crippen molar-refractivity contribution in [2.24, 2.45) is 0 Å². The molecular weight excluding hydrogens is 286 g/mol. The molecule has 0 fully saturated rings. The standard InChI is InChI=1S/C16H19NO5/c1-10(2)22-9-8-17-15(19)13(14(18)16(17)20)11-4-6-12(21-3)7-5-11/h4-7,10,18H,8-9H2,1-3H3. The normalized spacial score (nSPS) is 15.2. The molecule has 0 aromatic heterocycles. The Morgan fingerprint density at radius 1 is 1.14 bits per heavy atom. The Bertz CT molecular complexity index is 603. The maximum absolute atomic E-state index is 12.4. The fourth-order valence-electron chi connectivity index (χ4n) is 2.16. The van der Waals surface area contributed by atoms with Gasteiger partial charge in [-0.1, -0.05) is 12.1 Å². The molecule has 0 saturated heterocycles. The van der Waals surface area contributed by atoms with Gasteiger partial charge in [0.25, 0.3) is 11.8 Å². The molecule has 2 rings (SSSR count). The van der Waals surface area contributed by atoms with Crippen LogP contribution in [0.1, 0.15) is 19.4 Å². The van der Waals surface area contributed by atoms with Crippen LogP contribution in [0.15, 0.2) is 30.0 Å². The van der Waals surface area contributed by atoms with Crippen LogP contribution in [-0.2, 0) is 14.3 Å². The van der Waals surface area contributed by atoms with E-state index in [-0.39, 0.29) is 24.8 Å². The number of imide groups is 1. The van der Waals surface area contributed by atoms with Crippen molar-refractivity contribution in [1.29, 1.82) is 0 Å². The molecule has 2 amide bonds. The molecular formula is C16H19NO5. The Morgan fingerprint density at radius 2 is 1.77 bits per heavy atom. The Balaban J connectivity index is 2.17. The quantitative estimate of drug-likeness (QED) is 0.810. The largest absolute Gasteiger partial charge is 0.502 e. The van der Waals surface area contributed by atoms with Gasteiger partial charge in [-0.25, -0.2) is 0 Å². The van der Waals surface area contributed by atoms with Crippen LogP contribution < -0.4 is 4.74 Å². The summed E-state index contributed by atoms with van der Waals surface area (Å²) < 4.78 is 10.4. The zero-order valence-corrected chi connectivity index (χ0v) is 12.8. The van der Waals surface area contributed by atoms with E-state index >= 15 is 0 Å². The van der Waals surface area contributed by atoms with Crippen molar-refractivity contribution in [3.8, 4) is 5.75 Å². The van der Waals surface area contributed by atoms with E-state index in [1.807, 2.05) is 13.8 Å². The first kappa shape index (κ1) is 16.0. The lowest BCUT2D eigenvalue weighted by Gasteiger charge is -2.15. The summed E-state index contributed by atoms with van der Waals surface area (Å²) >= 11 is 0. The summed E-state index contributed by atoms with van der Waals surface area (Å²) in [6.45, 7) is 4.08. The van der Waals surface area contributed by atoms with E-state index in [1.165, 1.54) is 7.11 Å². The molecule has 22 heavy (non-hydrogen) atoms. The number of ether oxygens (including phenoxy) is 2. The van der Waals surface area contributed by atoms with E-state index in [1.54, 1.807) is 24.3 Å². The van der Waals surface area contributed by atoms with Crippen molar-refractivity contribution in [1.82, 2.24) is 4.90 Å². The fourth-order valence-corrected chi connectivity index (χ4v) is 2.16. The number of rotatable bonds is 6. The van der Waals surface area contributed by atoms with E-state index in [4.69, 9.17) is 9.47 Å². The second-order valence-electron chi connectivity index (χ2n) is 5.13. The minimum absolute atomic E-state index is 0.00965. The number of methoxy groups -OCH3 is 1. The molecule has 0 bridgehead atoms. The van der Waals surface area contributed by atoms with Crippen LogP contribution in [0.2, 0.25) is 0 Å². The average molecular weight is 305 g/mol. The highest BCUT2D eigenvalue weighted by atomic mass is 16.5. The van der Waals surface area contributed by atoms with Crippen molar-refractivity contribution in [2.45, 2.75) is 20.0 Å². The number of amides is 2. The minimum atomic E-state index is -0.692. The lowest BCUT2D eigenvalue weighted by molar-refractivity contribution is -0.139. The van der Waals surface area contributed by atoms with Crippen molar-refractivity contribution in [2.75, 3.05) is 20.3 Å². The Morgan fingerprint density at radius 3 is 2.32 bits per heavy atom. The molecule has 118 valence electrons. The molecule has 1 aromatic rings. The first-order chi connectivity index (χ1) is 10.5. The molecule has 6 heteroatoms. The number of carbonyl (C=O) groups excluding carboxylic acids is 2. The molecule has 0 saturated carbocycles. The third-order valence-electron chi connectivity index (χ3n) is 3.29. The first-order valence-corrected chi connectivity index (χ1v) is 7.01. The van der Waals surface area contributed by atoms with Crippen LogP contribution in [0.25, 0.3) is 5.57 Å². The number of aliphatic hydroxyl groups excluding tert-OH is 1. The molecule has 1 aliphatic heterocycles. The number of aliphatic hydroxyl groups is 1. The minimum Gasteiger partial charge on any atom is -0.502 e. The summed E-state index contributed by atoms with van der Waals surface area (Å²) in [5.74, 6) is -1.11. The van der Waals surface area contributed by atoms with Gasteiger partial charge in [-0.2, -0.15) is 0 Å². The van der Waals surface area contributed by atoms with Crippen molar-refractivity contribution in [3.63, 3.8) is 0 Å². The van der Waals surface area contributed by atoms with E-state index in [0.29, 0.717) is 11.3 Å². The van der Waals surface area contributed by atoms with Crippen molar-refractivity contribution >= 4 is 17.4 Å². The zero-order valence-electron chi connectivity index (χ0n) is 12.8. The van der Waals surface area contributed by atoms with E-state index < -0.39 is 17.6 Å². The predicted octanol–water partition coefficient (Wildman–Crippen LogP) is 1.76. The van der Waals surface area contributed by atoms with Crippen LogP contribution in [0.5, 0.6) is 5.75 Å². The molecule has 1 heterocycles.